The molecule has 8 nitrogen and oxygen atoms in total. The summed E-state index contributed by atoms with van der Waals surface area (Å²) in [6.07, 6.45) is 0.859. The van der Waals surface area contributed by atoms with Crippen molar-refractivity contribution in [3.05, 3.63) is 38.8 Å². The number of nitro groups is 1. The molecule has 0 bridgehead atoms. The molecule has 0 saturated carbocycles. The minimum absolute atomic E-state index is 0.0358. The Balaban J connectivity index is 3.39. The lowest BCUT2D eigenvalue weighted by Gasteiger charge is -2.09. The van der Waals surface area contributed by atoms with E-state index in [0.29, 0.717) is 4.73 Å². The summed E-state index contributed by atoms with van der Waals surface area (Å²) in [5.41, 5.74) is -0.633. The number of carbonyl (C=O) groups excluding carboxylic acids is 1. The molecule has 0 unspecified atom stereocenters. The zero-order valence-electron chi connectivity index (χ0n) is 10.3. The monoisotopic (exact) mass is 265 g/mol. The van der Waals surface area contributed by atoms with E-state index in [1.807, 2.05) is 0 Å². The molecular weight excluding hydrogens is 254 g/mol. The summed E-state index contributed by atoms with van der Waals surface area (Å²) in [5, 5.41) is 31.3. The number of aryl methyl sites for hydroxylation is 1. The number of ether oxygens (including phenoxy) is 1. The molecule has 0 spiro atoms. The lowest BCUT2D eigenvalue weighted by Crippen LogP contribution is -2.32. The minimum Gasteiger partial charge on any atom is -0.618 e. The van der Waals surface area contributed by atoms with Crippen molar-refractivity contribution in [1.82, 2.24) is 0 Å². The van der Waals surface area contributed by atoms with Crippen molar-refractivity contribution in [2.24, 2.45) is 0 Å². The second kappa shape index (κ2) is 5.77. The van der Waals surface area contributed by atoms with Gasteiger partial charge in [0.2, 0.25) is 0 Å². The molecular formula is C11H11N3O5. The number of aromatic nitrogens is 1. The van der Waals surface area contributed by atoms with Gasteiger partial charge in [-0.25, -0.2) is 0 Å². The molecule has 0 N–H and O–H groups in total. The summed E-state index contributed by atoms with van der Waals surface area (Å²) in [6.45, 7) is 2.97. The largest absolute Gasteiger partial charge is 0.618 e. The van der Waals surface area contributed by atoms with E-state index in [-0.39, 0.29) is 17.9 Å². The smallest absolute Gasteiger partial charge is 0.328 e. The van der Waals surface area contributed by atoms with Crippen LogP contribution in [-0.4, -0.2) is 17.5 Å². The fraction of sp³-hybridized carbons (Fsp3) is 0.364. The molecule has 0 aliphatic rings. The maximum atomic E-state index is 11.6. The van der Waals surface area contributed by atoms with Crippen LogP contribution in [0.4, 0.5) is 5.69 Å². The van der Waals surface area contributed by atoms with Gasteiger partial charge in [0.1, 0.15) is 5.56 Å². The lowest BCUT2D eigenvalue weighted by atomic mass is 10.0. The van der Waals surface area contributed by atoms with Gasteiger partial charge < -0.3 is 9.94 Å². The predicted octanol–water partition coefficient (Wildman–Crippen LogP) is 0.707. The van der Waals surface area contributed by atoms with E-state index in [0.717, 1.165) is 12.3 Å². The first kappa shape index (κ1) is 14.4. The third-order valence-electron chi connectivity index (χ3n) is 2.40. The molecule has 19 heavy (non-hydrogen) atoms. The molecule has 0 aromatic carbocycles. The van der Waals surface area contributed by atoms with Crippen LogP contribution in [-0.2, 0) is 9.53 Å². The van der Waals surface area contributed by atoms with E-state index in [1.54, 1.807) is 13.0 Å². The van der Waals surface area contributed by atoms with Crippen molar-refractivity contribution < 1.29 is 19.2 Å². The molecule has 8 heteroatoms. The molecule has 0 amide bonds. The summed E-state index contributed by atoms with van der Waals surface area (Å²) >= 11 is 0. The number of hydrogen-bond acceptors (Lipinski definition) is 6. The van der Waals surface area contributed by atoms with E-state index in [2.05, 4.69) is 4.74 Å². The third kappa shape index (κ3) is 2.95. The van der Waals surface area contributed by atoms with Crippen molar-refractivity contribution in [2.45, 2.75) is 19.8 Å². The number of pyridine rings is 1. The molecule has 0 fully saturated rings. The van der Waals surface area contributed by atoms with Crippen LogP contribution in [0, 0.1) is 33.6 Å². The summed E-state index contributed by atoms with van der Waals surface area (Å²) in [7, 11) is 0. The first-order valence-electron chi connectivity index (χ1n) is 5.36. The molecule has 0 radical (unpaired) electrons. The van der Waals surface area contributed by atoms with Crippen molar-refractivity contribution in [3.8, 4) is 6.07 Å². The van der Waals surface area contributed by atoms with Crippen LogP contribution in [0.2, 0.25) is 0 Å². The average Bonchev–Trinajstić information content (AvgIpc) is 2.34. The maximum Gasteiger partial charge on any atom is 0.328 e. The van der Waals surface area contributed by atoms with Gasteiger partial charge in [-0.15, -0.1) is 0 Å². The molecule has 1 atom stereocenters. The molecule has 1 rings (SSSR count). The Morgan fingerprint density at radius 2 is 2.32 bits per heavy atom. The lowest BCUT2D eigenvalue weighted by molar-refractivity contribution is -0.613. The van der Waals surface area contributed by atoms with Gasteiger partial charge >= 0.3 is 5.97 Å². The standard InChI is InChI=1S/C11H11N3O5/c1-3-19-11(15)8(5-12)9-6-13(16)7(2)4-10(9)14(17)18/h4,6,8H,3H2,1-2H3/t8-/m1/s1. The van der Waals surface area contributed by atoms with Gasteiger partial charge in [-0.1, -0.05) is 0 Å². The average molecular weight is 265 g/mol. The molecule has 1 heterocycles. The van der Waals surface area contributed by atoms with Gasteiger partial charge in [-0.05, 0) is 6.92 Å². The molecule has 1 aromatic rings. The Bertz CT molecular complexity index is 564. The van der Waals surface area contributed by atoms with Crippen LogP contribution in [0.25, 0.3) is 0 Å². The minimum atomic E-state index is -1.50. The van der Waals surface area contributed by atoms with Crippen LogP contribution >= 0.6 is 0 Å². The first-order valence-corrected chi connectivity index (χ1v) is 5.36. The van der Waals surface area contributed by atoms with Gasteiger partial charge in [-0.2, -0.15) is 9.99 Å². The number of rotatable bonds is 4. The molecule has 100 valence electrons. The molecule has 0 saturated heterocycles. The number of nitriles is 1. The summed E-state index contributed by atoms with van der Waals surface area (Å²) < 4.78 is 5.03. The highest BCUT2D eigenvalue weighted by Crippen LogP contribution is 2.26. The highest BCUT2D eigenvalue weighted by atomic mass is 16.6. The number of hydrogen-bond donors (Lipinski definition) is 0. The Hall–Kier alpha value is -2.69. The second-order valence-electron chi connectivity index (χ2n) is 3.65. The Labute approximate surface area is 108 Å². The number of carbonyl (C=O) groups is 1. The zero-order chi connectivity index (χ0) is 14.6. The maximum absolute atomic E-state index is 11.6. The second-order valence-corrected chi connectivity index (χ2v) is 3.65. The summed E-state index contributed by atoms with van der Waals surface area (Å²) in [4.78, 5) is 21.7. The fourth-order valence-corrected chi connectivity index (χ4v) is 1.49. The summed E-state index contributed by atoms with van der Waals surface area (Å²) in [6, 6.07) is 2.63. The van der Waals surface area contributed by atoms with E-state index < -0.39 is 22.5 Å². The first-order chi connectivity index (χ1) is 8.92. The third-order valence-corrected chi connectivity index (χ3v) is 2.40. The Morgan fingerprint density at radius 3 is 2.79 bits per heavy atom. The highest BCUT2D eigenvalue weighted by molar-refractivity contribution is 5.82. The Morgan fingerprint density at radius 1 is 1.68 bits per heavy atom. The molecule has 0 aliphatic carbocycles. The predicted molar refractivity (Wildman–Crippen MR) is 61.8 cm³/mol. The van der Waals surface area contributed by atoms with E-state index in [4.69, 9.17) is 5.26 Å². The number of nitrogens with zero attached hydrogens (tertiary/aromatic N) is 3. The quantitative estimate of drug-likeness (QED) is 0.260. The van der Waals surface area contributed by atoms with Gasteiger partial charge in [0, 0.05) is 6.92 Å². The number of esters is 1. The van der Waals surface area contributed by atoms with Crippen molar-refractivity contribution in [1.29, 1.82) is 5.26 Å². The van der Waals surface area contributed by atoms with Crippen LogP contribution in [0.5, 0.6) is 0 Å². The molecule has 1 aromatic heterocycles. The van der Waals surface area contributed by atoms with Gasteiger partial charge in [0.15, 0.2) is 17.8 Å². The normalized spacial score (nSPS) is 11.4. The zero-order valence-corrected chi connectivity index (χ0v) is 10.3. The van der Waals surface area contributed by atoms with Gasteiger partial charge in [-0.3, -0.25) is 14.9 Å². The van der Waals surface area contributed by atoms with Crippen LogP contribution in [0.1, 0.15) is 24.1 Å². The van der Waals surface area contributed by atoms with Crippen molar-refractivity contribution in [2.75, 3.05) is 6.61 Å². The van der Waals surface area contributed by atoms with Crippen LogP contribution in [0.3, 0.4) is 0 Å². The van der Waals surface area contributed by atoms with Crippen LogP contribution < -0.4 is 4.73 Å². The topological polar surface area (TPSA) is 120 Å². The van der Waals surface area contributed by atoms with E-state index in [1.165, 1.54) is 6.92 Å². The molecule has 0 aliphatic heterocycles. The fourth-order valence-electron chi connectivity index (χ4n) is 1.49. The highest BCUT2D eigenvalue weighted by Gasteiger charge is 2.32. The van der Waals surface area contributed by atoms with Crippen LogP contribution in [0.15, 0.2) is 12.3 Å². The van der Waals surface area contributed by atoms with E-state index >= 15 is 0 Å². The SMILES string of the molecule is CCOC(=O)[C@H](C#N)c1c[n+]([O-])c(C)cc1[N+](=O)[O-]. The summed E-state index contributed by atoms with van der Waals surface area (Å²) in [5.74, 6) is -2.42. The van der Waals surface area contributed by atoms with Crippen molar-refractivity contribution in [3.63, 3.8) is 0 Å². The van der Waals surface area contributed by atoms with Gasteiger partial charge in [0.25, 0.3) is 5.69 Å². The Kier molecular flexibility index (Phi) is 4.36. The van der Waals surface area contributed by atoms with Crippen molar-refractivity contribution >= 4 is 11.7 Å². The van der Waals surface area contributed by atoms with E-state index in [9.17, 15) is 20.1 Å². The van der Waals surface area contributed by atoms with Gasteiger partial charge in [0.05, 0.1) is 23.7 Å².